The van der Waals surface area contributed by atoms with E-state index in [1.165, 1.54) is 91.7 Å². The molecule has 0 bridgehead atoms. The van der Waals surface area contributed by atoms with E-state index in [-0.39, 0.29) is 5.92 Å². The van der Waals surface area contributed by atoms with E-state index in [2.05, 4.69) is 193 Å². The van der Waals surface area contributed by atoms with Crippen molar-refractivity contribution in [2.75, 3.05) is 9.80 Å². The maximum absolute atomic E-state index is 2.41. The maximum Gasteiger partial charge on any atom is 0.0554 e. The first-order valence-corrected chi connectivity index (χ1v) is 19.9. The highest BCUT2D eigenvalue weighted by Gasteiger charge is 2.20. The predicted octanol–water partition coefficient (Wildman–Crippen LogP) is 15.2. The van der Waals surface area contributed by atoms with Crippen LogP contribution in [0.3, 0.4) is 0 Å². The van der Waals surface area contributed by atoms with Crippen LogP contribution < -0.4 is 9.80 Å². The molecule has 1 aliphatic rings. The van der Waals surface area contributed by atoms with Gasteiger partial charge in [0, 0.05) is 54.5 Å². The molecule has 260 valence electrons. The van der Waals surface area contributed by atoms with E-state index in [0.29, 0.717) is 5.92 Å². The van der Waals surface area contributed by atoms with Gasteiger partial charge in [0.2, 0.25) is 0 Å². The highest BCUT2D eigenvalue weighted by molar-refractivity contribution is 7.26. The summed E-state index contributed by atoms with van der Waals surface area (Å²) in [6, 6.07) is 64.7. The van der Waals surface area contributed by atoms with Gasteiger partial charge >= 0.3 is 0 Å². The Morgan fingerprint density at radius 3 is 1.57 bits per heavy atom. The van der Waals surface area contributed by atoms with Gasteiger partial charge in [-0.25, -0.2) is 0 Å². The van der Waals surface area contributed by atoms with E-state index in [1.807, 2.05) is 11.3 Å². The number of fused-ring (bicyclic) bond motifs is 3. The molecule has 8 aromatic rings. The highest BCUT2D eigenvalue weighted by Crippen LogP contribution is 2.45. The molecule has 1 atom stereocenters. The lowest BCUT2D eigenvalue weighted by molar-refractivity contribution is 0.443. The Morgan fingerprint density at radius 2 is 0.943 bits per heavy atom. The van der Waals surface area contributed by atoms with E-state index in [9.17, 15) is 0 Å². The topological polar surface area (TPSA) is 6.48 Å². The van der Waals surface area contributed by atoms with Crippen LogP contribution >= 0.6 is 11.3 Å². The average molecular weight is 705 g/mol. The molecule has 1 heterocycles. The average Bonchev–Trinajstić information content (AvgIpc) is 3.62. The summed E-state index contributed by atoms with van der Waals surface area (Å²) in [5.41, 5.74) is 11.1. The minimum Gasteiger partial charge on any atom is -0.311 e. The largest absolute Gasteiger partial charge is 0.311 e. The molecule has 1 aliphatic carbocycles. The van der Waals surface area contributed by atoms with Gasteiger partial charge in [0.1, 0.15) is 0 Å². The van der Waals surface area contributed by atoms with Crippen LogP contribution in [0.4, 0.5) is 34.1 Å². The van der Waals surface area contributed by atoms with Gasteiger partial charge in [0.05, 0.1) is 5.69 Å². The van der Waals surface area contributed by atoms with E-state index < -0.39 is 0 Å². The first-order chi connectivity index (χ1) is 26.2. The van der Waals surface area contributed by atoms with E-state index in [4.69, 9.17) is 0 Å². The molecule has 1 aromatic heterocycles. The summed E-state index contributed by atoms with van der Waals surface area (Å²) in [7, 11) is 0. The summed E-state index contributed by atoms with van der Waals surface area (Å²) in [6.07, 6.45) is 6.73. The van der Waals surface area contributed by atoms with Crippen LogP contribution in [-0.2, 0) is 0 Å². The normalized spacial score (nSPS) is 14.0. The van der Waals surface area contributed by atoms with Gasteiger partial charge in [-0.2, -0.15) is 0 Å². The van der Waals surface area contributed by atoms with E-state index in [0.717, 1.165) is 11.4 Å². The molecule has 0 aliphatic heterocycles. The number of rotatable bonds is 9. The lowest BCUT2D eigenvalue weighted by Crippen LogP contribution is -2.11. The van der Waals surface area contributed by atoms with Crippen molar-refractivity contribution < 1.29 is 0 Å². The smallest absolute Gasteiger partial charge is 0.0554 e. The monoisotopic (exact) mass is 704 g/mol. The van der Waals surface area contributed by atoms with Crippen LogP contribution in [0.1, 0.15) is 67.6 Å². The van der Waals surface area contributed by atoms with Crippen molar-refractivity contribution >= 4 is 65.6 Å². The van der Waals surface area contributed by atoms with E-state index in [1.54, 1.807) is 0 Å². The second-order valence-electron chi connectivity index (χ2n) is 14.4. The molecule has 1 unspecified atom stereocenters. The summed E-state index contributed by atoms with van der Waals surface area (Å²) >= 11 is 1.86. The van der Waals surface area contributed by atoms with Gasteiger partial charge in [-0.3, -0.25) is 0 Å². The second kappa shape index (κ2) is 14.8. The zero-order valence-corrected chi connectivity index (χ0v) is 31.1. The fraction of sp³-hybridized carbons (Fsp3) is 0.160. The molecule has 2 nitrogen and oxygen atoms in total. The third-order valence-electron chi connectivity index (χ3n) is 11.2. The van der Waals surface area contributed by atoms with Crippen LogP contribution in [0.2, 0.25) is 0 Å². The Hall–Kier alpha value is -5.64. The Balaban J connectivity index is 1.01. The lowest BCUT2D eigenvalue weighted by Gasteiger charge is -2.27. The Bertz CT molecular complexity index is 2430. The van der Waals surface area contributed by atoms with Gasteiger partial charge in [0.15, 0.2) is 0 Å². The maximum atomic E-state index is 2.41. The van der Waals surface area contributed by atoms with Gasteiger partial charge in [-0.15, -0.1) is 11.3 Å². The summed E-state index contributed by atoms with van der Waals surface area (Å²) in [5.74, 6) is 0.947. The van der Waals surface area contributed by atoms with Crippen LogP contribution in [-0.4, -0.2) is 0 Å². The highest BCUT2D eigenvalue weighted by atomic mass is 32.1. The fourth-order valence-corrected chi connectivity index (χ4v) is 9.45. The number of anilines is 6. The number of hydrogen-bond donors (Lipinski definition) is 0. The van der Waals surface area contributed by atoms with Crippen molar-refractivity contribution in [3.8, 4) is 0 Å². The molecule has 0 N–H and O–H groups in total. The van der Waals surface area contributed by atoms with Crippen LogP contribution in [0.25, 0.3) is 20.2 Å². The molecule has 1 saturated carbocycles. The molecule has 0 radical (unpaired) electrons. The minimum absolute atomic E-state index is 0.243. The molecule has 9 rings (SSSR count). The molecule has 0 saturated heterocycles. The molecule has 1 fully saturated rings. The molecule has 0 spiro atoms. The summed E-state index contributed by atoms with van der Waals surface area (Å²) in [6.45, 7) is 2.32. The predicted molar refractivity (Wildman–Crippen MR) is 228 cm³/mol. The second-order valence-corrected chi connectivity index (χ2v) is 15.5. The lowest BCUT2D eigenvalue weighted by atomic mass is 9.84. The zero-order valence-electron chi connectivity index (χ0n) is 30.2. The summed E-state index contributed by atoms with van der Waals surface area (Å²) < 4.78 is 2.62. The van der Waals surface area contributed by atoms with Crippen molar-refractivity contribution in [2.45, 2.75) is 50.9 Å². The number of para-hydroxylation sites is 2. The molecule has 3 heteroatoms. The quantitative estimate of drug-likeness (QED) is 0.148. The number of nitrogens with zero attached hydrogens (tertiary/aromatic N) is 2. The van der Waals surface area contributed by atoms with E-state index >= 15 is 0 Å². The summed E-state index contributed by atoms with van der Waals surface area (Å²) in [4.78, 5) is 4.79. The van der Waals surface area contributed by atoms with Crippen LogP contribution in [0, 0.1) is 0 Å². The van der Waals surface area contributed by atoms with Gasteiger partial charge in [-0.05, 0) is 114 Å². The zero-order chi connectivity index (χ0) is 35.6. The molecule has 0 amide bonds. The molecular weight excluding hydrogens is 661 g/mol. The number of thiophene rings is 1. The van der Waals surface area contributed by atoms with Crippen molar-refractivity contribution in [3.05, 3.63) is 193 Å². The van der Waals surface area contributed by atoms with Crippen LogP contribution in [0.5, 0.6) is 0 Å². The van der Waals surface area contributed by atoms with Crippen molar-refractivity contribution in [2.24, 2.45) is 0 Å². The van der Waals surface area contributed by atoms with Crippen molar-refractivity contribution in [1.82, 2.24) is 0 Å². The minimum atomic E-state index is 0.243. The van der Waals surface area contributed by atoms with Crippen LogP contribution in [0.15, 0.2) is 176 Å². The number of hydrogen-bond acceptors (Lipinski definition) is 3. The van der Waals surface area contributed by atoms with Crippen molar-refractivity contribution in [3.63, 3.8) is 0 Å². The Kier molecular flexibility index (Phi) is 9.26. The third-order valence-corrected chi connectivity index (χ3v) is 12.3. The summed E-state index contributed by atoms with van der Waals surface area (Å²) in [5, 5.41) is 2.61. The Labute approximate surface area is 317 Å². The van der Waals surface area contributed by atoms with Crippen molar-refractivity contribution in [1.29, 1.82) is 0 Å². The standard InChI is InChI=1S/C50H44N2S/c1-36(37-24-30-43(31-25-37)51(41-16-7-3-8-17-41)44-34-28-40(29-35-44)39-14-5-2-6-15-39)38-26-32-45(33-27-38)52(42-18-9-4-10-19-42)47-21-13-23-49-50(47)46-20-11-12-22-48(46)53-49/h3-4,7-13,16-36,39H,2,5-6,14-15H2,1H3. The first-order valence-electron chi connectivity index (χ1n) is 19.1. The van der Waals surface area contributed by atoms with Gasteiger partial charge in [-0.1, -0.05) is 123 Å². The fourth-order valence-electron chi connectivity index (χ4n) is 8.32. The van der Waals surface area contributed by atoms with Gasteiger partial charge < -0.3 is 9.80 Å². The third kappa shape index (κ3) is 6.62. The first kappa shape index (κ1) is 33.2. The Morgan fingerprint density at radius 1 is 0.453 bits per heavy atom. The molecule has 53 heavy (non-hydrogen) atoms. The molecule has 7 aromatic carbocycles. The van der Waals surface area contributed by atoms with Gasteiger partial charge in [0.25, 0.3) is 0 Å². The SMILES string of the molecule is CC(c1ccc(N(c2ccccc2)c2ccc(C3CCCCC3)cc2)cc1)c1ccc(N(c2ccccc2)c2cccc3sc4ccccc4c23)cc1. The number of benzene rings is 7. The molecular formula is C50H44N2S.